The highest BCUT2D eigenvalue weighted by Crippen LogP contribution is 2.43. The van der Waals surface area contributed by atoms with Crippen LogP contribution in [0, 0.1) is 11.8 Å². The Labute approximate surface area is 220 Å². The minimum absolute atomic E-state index is 0.0518. The lowest BCUT2D eigenvalue weighted by Gasteiger charge is -2.35. The highest BCUT2D eigenvalue weighted by atomic mass is 32.2. The van der Waals surface area contributed by atoms with E-state index in [1.807, 2.05) is 18.0 Å². The Kier molecular flexibility index (Phi) is 9.50. The van der Waals surface area contributed by atoms with E-state index in [9.17, 15) is 18.3 Å². The average Bonchev–Trinajstić information content (AvgIpc) is 3.78. The van der Waals surface area contributed by atoms with Crippen LogP contribution in [0.5, 0.6) is 5.75 Å². The molecule has 0 saturated heterocycles. The second-order valence-corrected chi connectivity index (χ2v) is 12.1. The van der Waals surface area contributed by atoms with Crippen LogP contribution in [0.25, 0.3) is 0 Å². The Bertz CT molecular complexity index is 1030. The topological polar surface area (TPSA) is 106 Å². The summed E-state index contributed by atoms with van der Waals surface area (Å²) in [5, 5.41) is 9.49. The van der Waals surface area contributed by atoms with E-state index in [2.05, 4.69) is 0 Å². The van der Waals surface area contributed by atoms with Gasteiger partial charge in [0.05, 0.1) is 25.2 Å². The van der Waals surface area contributed by atoms with Gasteiger partial charge >= 0.3 is 0 Å². The molecule has 2 fully saturated rings. The maximum absolute atomic E-state index is 13.3. The van der Waals surface area contributed by atoms with Crippen molar-refractivity contribution in [2.45, 2.75) is 68.6 Å². The lowest BCUT2D eigenvalue weighted by atomic mass is 9.93. The van der Waals surface area contributed by atoms with Crippen molar-refractivity contribution < 1.29 is 32.5 Å². The van der Waals surface area contributed by atoms with Crippen LogP contribution in [0.1, 0.15) is 51.4 Å². The summed E-state index contributed by atoms with van der Waals surface area (Å²) >= 11 is 0. The summed E-state index contributed by atoms with van der Waals surface area (Å²) in [5.41, 5.74) is 0. The van der Waals surface area contributed by atoms with Gasteiger partial charge in [0.2, 0.25) is 16.3 Å². The molecule has 1 aliphatic heterocycles. The van der Waals surface area contributed by atoms with E-state index in [0.29, 0.717) is 23.8 Å². The third-order valence-corrected chi connectivity index (χ3v) is 9.57. The smallest absolute Gasteiger partial charge is 0.288 e. The van der Waals surface area contributed by atoms with Crippen molar-refractivity contribution in [1.29, 1.82) is 0 Å². The number of hydrogen-bond donors (Lipinski definition) is 1. The van der Waals surface area contributed by atoms with Crippen molar-refractivity contribution in [3.63, 3.8) is 0 Å². The number of amides is 1. The number of nitrogens with zero attached hydrogens (tertiary/aromatic N) is 2. The van der Waals surface area contributed by atoms with Gasteiger partial charge < -0.3 is 24.2 Å². The van der Waals surface area contributed by atoms with Gasteiger partial charge in [0.1, 0.15) is 5.75 Å². The number of carbonyl (C=O) groups excluding carboxylic acids is 1. The third-order valence-electron chi connectivity index (χ3n) is 7.66. The molecular weight excluding hydrogens is 496 g/mol. The fourth-order valence-corrected chi connectivity index (χ4v) is 6.66. The molecular formula is C27H40N2O7S. The van der Waals surface area contributed by atoms with Crippen molar-refractivity contribution >= 4 is 15.9 Å². The molecule has 4 rings (SSSR count). The Morgan fingerprint density at radius 2 is 1.78 bits per heavy atom. The highest BCUT2D eigenvalue weighted by Gasteiger charge is 2.38. The van der Waals surface area contributed by atoms with Crippen molar-refractivity contribution in [3.8, 4) is 5.75 Å². The molecule has 0 aromatic heterocycles. The molecule has 37 heavy (non-hydrogen) atoms. The first kappa shape index (κ1) is 27.9. The number of ether oxygens (including phenoxy) is 3. The van der Waals surface area contributed by atoms with Crippen LogP contribution in [0.2, 0.25) is 0 Å². The molecule has 2 saturated carbocycles. The minimum Gasteiger partial charge on any atom is -0.497 e. The fourth-order valence-electron chi connectivity index (χ4n) is 5.24. The maximum atomic E-state index is 13.3. The molecule has 0 unspecified atom stereocenters. The van der Waals surface area contributed by atoms with Gasteiger partial charge in [-0.25, -0.2) is 8.42 Å². The monoisotopic (exact) mass is 536 g/mol. The summed E-state index contributed by atoms with van der Waals surface area (Å²) in [5.74, 6) is 1.56. The first-order valence-electron chi connectivity index (χ1n) is 13.4. The summed E-state index contributed by atoms with van der Waals surface area (Å²) in [6.45, 7) is -0.229. The predicted molar refractivity (Wildman–Crippen MR) is 138 cm³/mol. The summed E-state index contributed by atoms with van der Waals surface area (Å²) in [4.78, 5) is 15.2. The molecule has 2 atom stereocenters. The van der Waals surface area contributed by atoms with E-state index in [4.69, 9.17) is 14.2 Å². The summed E-state index contributed by atoms with van der Waals surface area (Å²) < 4.78 is 44.6. The molecule has 9 nitrogen and oxygen atoms in total. The molecule has 206 valence electrons. The second-order valence-electron chi connectivity index (χ2n) is 10.2. The number of aliphatic hydroxyl groups is 1. The van der Waals surface area contributed by atoms with Crippen molar-refractivity contribution in [2.75, 3.05) is 40.5 Å². The number of hydrogen-bond acceptors (Lipinski definition) is 7. The first-order valence-corrected chi connectivity index (χ1v) is 14.8. The predicted octanol–water partition coefficient (Wildman–Crippen LogP) is 3.14. The van der Waals surface area contributed by atoms with Gasteiger partial charge in [-0.1, -0.05) is 19.3 Å². The lowest BCUT2D eigenvalue weighted by molar-refractivity contribution is -0.156. The molecule has 1 heterocycles. The van der Waals surface area contributed by atoms with Crippen LogP contribution in [-0.2, 0) is 24.3 Å². The van der Waals surface area contributed by atoms with Crippen molar-refractivity contribution in [3.05, 3.63) is 36.1 Å². The van der Waals surface area contributed by atoms with Crippen LogP contribution in [0.3, 0.4) is 0 Å². The van der Waals surface area contributed by atoms with E-state index in [1.54, 1.807) is 12.1 Å². The number of allylic oxidation sites excluding steroid dienone is 1. The Hall–Kier alpha value is -2.14. The van der Waals surface area contributed by atoms with Gasteiger partial charge in [0.15, 0.2) is 5.76 Å². The van der Waals surface area contributed by atoms with Gasteiger partial charge in [-0.05, 0) is 67.9 Å². The summed E-state index contributed by atoms with van der Waals surface area (Å²) in [6, 6.07) is 6.37. The van der Waals surface area contributed by atoms with E-state index in [0.717, 1.165) is 38.5 Å². The highest BCUT2D eigenvalue weighted by molar-refractivity contribution is 7.89. The van der Waals surface area contributed by atoms with Gasteiger partial charge in [0.25, 0.3) is 5.91 Å². The molecule has 0 radical (unpaired) electrons. The Balaban J connectivity index is 1.38. The Morgan fingerprint density at radius 3 is 2.41 bits per heavy atom. The molecule has 2 aliphatic carbocycles. The molecule has 0 bridgehead atoms. The van der Waals surface area contributed by atoms with Crippen LogP contribution in [0.15, 0.2) is 41.0 Å². The minimum atomic E-state index is -3.83. The van der Waals surface area contributed by atoms with Gasteiger partial charge in [-0.3, -0.25) is 4.79 Å². The van der Waals surface area contributed by atoms with Crippen LogP contribution >= 0.6 is 0 Å². The normalized spacial score (nSPS) is 22.9. The number of aliphatic hydroxyl groups excluding tert-OH is 1. The zero-order chi connectivity index (χ0) is 26.4. The van der Waals surface area contributed by atoms with E-state index in [-0.39, 0.29) is 49.1 Å². The molecule has 1 aromatic rings. The first-order chi connectivity index (χ1) is 17.8. The average molecular weight is 537 g/mol. The number of methoxy groups -OCH3 is 1. The van der Waals surface area contributed by atoms with Gasteiger partial charge in [0, 0.05) is 32.6 Å². The zero-order valence-electron chi connectivity index (χ0n) is 21.9. The number of benzene rings is 1. The number of sulfonamides is 1. The largest absolute Gasteiger partial charge is 0.497 e. The quantitative estimate of drug-likeness (QED) is 0.438. The zero-order valence-corrected chi connectivity index (χ0v) is 22.7. The molecule has 10 heteroatoms. The van der Waals surface area contributed by atoms with Gasteiger partial charge in [-0.15, -0.1) is 0 Å². The lowest BCUT2D eigenvalue weighted by Crippen LogP contribution is -2.42. The number of rotatable bonds is 12. The Morgan fingerprint density at radius 1 is 1.08 bits per heavy atom. The second kappa shape index (κ2) is 12.6. The fraction of sp³-hybridized carbons (Fsp3) is 0.667. The molecule has 3 aliphatic rings. The third kappa shape index (κ3) is 7.04. The van der Waals surface area contributed by atoms with E-state index < -0.39 is 16.3 Å². The van der Waals surface area contributed by atoms with Crippen LogP contribution in [-0.4, -0.2) is 81.4 Å². The van der Waals surface area contributed by atoms with Crippen LogP contribution < -0.4 is 4.74 Å². The van der Waals surface area contributed by atoms with Crippen molar-refractivity contribution in [1.82, 2.24) is 9.21 Å². The molecule has 0 spiro atoms. The SMILES string of the molecule is COc1ccc(S(=O)(=O)N(CCO)CCO[C@H]2C[C@@H](C3CC3)C=C(C(=O)N(C)C3CCCCC3)O2)cc1. The maximum Gasteiger partial charge on any atom is 0.288 e. The number of carbonyl (C=O) groups is 1. The standard InChI is InChI=1S/C27H40N2O7S/c1-28(22-6-4-3-5-7-22)27(31)25-18-21(20-8-9-20)19-26(36-25)35-17-15-29(14-16-30)37(32,33)24-12-10-23(34-2)11-13-24/h10-13,18,20-22,26,30H,3-9,14-17,19H2,1-2H3/t21-,26+/m0/s1. The van der Waals surface area contributed by atoms with E-state index >= 15 is 0 Å². The van der Waals surface area contributed by atoms with E-state index in [1.165, 1.54) is 30.0 Å². The number of likely N-dealkylation sites (N-methyl/N-ethyl adjacent to an activating group) is 1. The molecule has 1 aromatic carbocycles. The van der Waals surface area contributed by atoms with Gasteiger partial charge in [-0.2, -0.15) is 4.31 Å². The summed E-state index contributed by atoms with van der Waals surface area (Å²) in [6.07, 6.45) is 9.81. The molecule has 1 N–H and O–H groups in total. The summed E-state index contributed by atoms with van der Waals surface area (Å²) in [7, 11) is -0.455. The van der Waals surface area contributed by atoms with Crippen LogP contribution in [0.4, 0.5) is 0 Å². The van der Waals surface area contributed by atoms with Crippen molar-refractivity contribution in [2.24, 2.45) is 11.8 Å². The molecule has 1 amide bonds.